The van der Waals surface area contributed by atoms with Gasteiger partial charge in [-0.15, -0.1) is 0 Å². The zero-order valence-corrected chi connectivity index (χ0v) is 37.5. The Labute approximate surface area is 348 Å². The van der Waals surface area contributed by atoms with Gasteiger partial charge in [0.2, 0.25) is 5.91 Å². The SMILES string of the molecule is CCCCCCCCCCCCCCCCCCCC(=O)OC(CCCCCCCCCCCCCCC)CCCCCCCC(=O)NC(CCCN)C(=O)O. The van der Waals surface area contributed by atoms with Gasteiger partial charge < -0.3 is 20.9 Å². The van der Waals surface area contributed by atoms with Crippen molar-refractivity contribution in [2.24, 2.45) is 5.73 Å². The topological polar surface area (TPSA) is 119 Å². The third kappa shape index (κ3) is 40.6. The average molecular weight is 793 g/mol. The van der Waals surface area contributed by atoms with E-state index in [2.05, 4.69) is 19.2 Å². The van der Waals surface area contributed by atoms with Crippen molar-refractivity contribution in [2.45, 2.75) is 289 Å². The molecule has 0 aromatic rings. The molecule has 0 bridgehead atoms. The van der Waals surface area contributed by atoms with Crippen LogP contribution in [-0.4, -0.2) is 41.6 Å². The second-order valence-electron chi connectivity index (χ2n) is 17.2. The highest BCUT2D eigenvalue weighted by Crippen LogP contribution is 2.20. The van der Waals surface area contributed by atoms with Crippen molar-refractivity contribution in [3.8, 4) is 0 Å². The summed E-state index contributed by atoms with van der Waals surface area (Å²) in [4.78, 5) is 36.5. The lowest BCUT2D eigenvalue weighted by atomic mass is 10.0. The fourth-order valence-electron chi connectivity index (χ4n) is 7.92. The summed E-state index contributed by atoms with van der Waals surface area (Å²) in [5, 5.41) is 12.0. The maximum atomic E-state index is 12.9. The molecule has 4 N–H and O–H groups in total. The number of ether oxygens (including phenoxy) is 1. The Kier molecular flexibility index (Phi) is 43.2. The second kappa shape index (κ2) is 44.5. The number of rotatable bonds is 46. The lowest BCUT2D eigenvalue weighted by Crippen LogP contribution is -2.40. The Balaban J connectivity index is 4.23. The van der Waals surface area contributed by atoms with Crippen LogP contribution in [0.4, 0.5) is 0 Å². The number of hydrogen-bond acceptors (Lipinski definition) is 5. The molecule has 0 aliphatic heterocycles. The molecular formula is C49H96N2O5. The number of carbonyl (C=O) groups is 3. The van der Waals surface area contributed by atoms with Crippen LogP contribution < -0.4 is 11.1 Å². The number of nitrogens with two attached hydrogens (primary N) is 1. The first-order chi connectivity index (χ1) is 27.4. The van der Waals surface area contributed by atoms with Gasteiger partial charge in [-0.25, -0.2) is 4.79 Å². The van der Waals surface area contributed by atoms with E-state index in [1.54, 1.807) is 0 Å². The van der Waals surface area contributed by atoms with E-state index in [1.165, 1.54) is 173 Å². The molecule has 0 aromatic carbocycles. The Bertz CT molecular complexity index is 852. The molecule has 56 heavy (non-hydrogen) atoms. The summed E-state index contributed by atoms with van der Waals surface area (Å²) in [5.41, 5.74) is 5.50. The van der Waals surface area contributed by atoms with Crippen molar-refractivity contribution >= 4 is 17.8 Å². The van der Waals surface area contributed by atoms with E-state index >= 15 is 0 Å². The average Bonchev–Trinajstić information content (AvgIpc) is 3.18. The summed E-state index contributed by atoms with van der Waals surface area (Å²) in [5.74, 6) is -1.21. The van der Waals surface area contributed by atoms with Gasteiger partial charge >= 0.3 is 11.9 Å². The van der Waals surface area contributed by atoms with Gasteiger partial charge in [0, 0.05) is 12.8 Å². The lowest BCUT2D eigenvalue weighted by Gasteiger charge is -2.18. The van der Waals surface area contributed by atoms with Crippen LogP contribution in [0.3, 0.4) is 0 Å². The zero-order chi connectivity index (χ0) is 41.0. The molecule has 0 rings (SSSR count). The quantitative estimate of drug-likeness (QED) is 0.0417. The van der Waals surface area contributed by atoms with Gasteiger partial charge in [0.05, 0.1) is 0 Å². The summed E-state index contributed by atoms with van der Waals surface area (Å²) in [7, 11) is 0. The highest BCUT2D eigenvalue weighted by Gasteiger charge is 2.19. The number of carboxylic acids is 1. The predicted molar refractivity (Wildman–Crippen MR) is 239 cm³/mol. The number of unbranched alkanes of at least 4 members (excludes halogenated alkanes) is 32. The minimum absolute atomic E-state index is 0.0113. The molecule has 0 aliphatic rings. The van der Waals surface area contributed by atoms with E-state index in [9.17, 15) is 19.5 Å². The molecule has 0 saturated carbocycles. The molecule has 0 heterocycles. The second-order valence-corrected chi connectivity index (χ2v) is 17.2. The third-order valence-electron chi connectivity index (χ3n) is 11.7. The summed E-state index contributed by atoms with van der Waals surface area (Å²) in [6.07, 6.45) is 48.7. The third-order valence-corrected chi connectivity index (χ3v) is 11.7. The minimum Gasteiger partial charge on any atom is -0.480 e. The largest absolute Gasteiger partial charge is 0.480 e. The molecular weight excluding hydrogens is 697 g/mol. The fourth-order valence-corrected chi connectivity index (χ4v) is 7.92. The van der Waals surface area contributed by atoms with E-state index in [0.29, 0.717) is 32.2 Å². The van der Waals surface area contributed by atoms with E-state index < -0.39 is 12.0 Å². The van der Waals surface area contributed by atoms with E-state index in [0.717, 1.165) is 64.2 Å². The first kappa shape index (κ1) is 54.4. The van der Waals surface area contributed by atoms with E-state index in [4.69, 9.17) is 10.5 Å². The molecule has 0 spiro atoms. The van der Waals surface area contributed by atoms with Gasteiger partial charge in [-0.3, -0.25) is 9.59 Å². The van der Waals surface area contributed by atoms with Gasteiger partial charge in [0.1, 0.15) is 12.1 Å². The summed E-state index contributed by atoms with van der Waals surface area (Å²) < 4.78 is 6.08. The molecule has 0 fully saturated rings. The van der Waals surface area contributed by atoms with Gasteiger partial charge in [0.25, 0.3) is 0 Å². The lowest BCUT2D eigenvalue weighted by molar-refractivity contribution is -0.150. The molecule has 1 amide bonds. The van der Waals surface area contributed by atoms with Crippen LogP contribution in [0.5, 0.6) is 0 Å². The smallest absolute Gasteiger partial charge is 0.326 e. The van der Waals surface area contributed by atoms with Gasteiger partial charge in [0.15, 0.2) is 0 Å². The number of aliphatic carboxylic acids is 1. The Morgan fingerprint density at radius 3 is 1.11 bits per heavy atom. The van der Waals surface area contributed by atoms with Crippen molar-refractivity contribution in [3.63, 3.8) is 0 Å². The van der Waals surface area contributed by atoms with Crippen LogP contribution in [0.15, 0.2) is 0 Å². The maximum absolute atomic E-state index is 12.9. The first-order valence-electron chi connectivity index (χ1n) is 24.9. The molecule has 7 nitrogen and oxygen atoms in total. The molecule has 2 atom stereocenters. The number of amides is 1. The van der Waals surface area contributed by atoms with Gasteiger partial charge in [-0.1, -0.05) is 213 Å². The highest BCUT2D eigenvalue weighted by molar-refractivity contribution is 5.83. The Morgan fingerprint density at radius 2 is 0.768 bits per heavy atom. The van der Waals surface area contributed by atoms with Crippen molar-refractivity contribution in [2.75, 3.05) is 6.54 Å². The summed E-state index contributed by atoms with van der Waals surface area (Å²) in [6, 6.07) is -0.852. The standard InChI is InChI=1S/C49H96N2O5/c1-3-5-7-9-11-13-15-17-18-19-20-22-24-26-28-33-37-43-48(53)56-45(39-34-30-27-25-23-21-16-14-12-10-8-6-4-2)40-35-31-29-32-36-42-47(52)51-46(49(54)55)41-38-44-50/h45-46H,3-44,50H2,1-2H3,(H,51,52)(H,54,55). The number of carbonyl (C=O) groups excluding carboxylic acids is 2. The van der Waals surface area contributed by atoms with E-state index in [-0.39, 0.29) is 18.0 Å². The monoisotopic (exact) mass is 793 g/mol. The zero-order valence-electron chi connectivity index (χ0n) is 37.5. The van der Waals surface area contributed by atoms with Crippen molar-refractivity contribution in [3.05, 3.63) is 0 Å². The minimum atomic E-state index is -0.999. The Morgan fingerprint density at radius 1 is 0.446 bits per heavy atom. The molecule has 2 unspecified atom stereocenters. The molecule has 7 heteroatoms. The summed E-state index contributed by atoms with van der Waals surface area (Å²) >= 11 is 0. The number of carboxylic acid groups (broad SMARTS) is 1. The van der Waals surface area contributed by atoms with Gasteiger partial charge in [-0.2, -0.15) is 0 Å². The number of hydrogen-bond donors (Lipinski definition) is 3. The fraction of sp³-hybridized carbons (Fsp3) is 0.939. The van der Waals surface area contributed by atoms with Crippen molar-refractivity contribution in [1.29, 1.82) is 0 Å². The molecule has 0 aromatic heterocycles. The summed E-state index contributed by atoms with van der Waals surface area (Å²) in [6.45, 7) is 4.98. The highest BCUT2D eigenvalue weighted by atomic mass is 16.5. The molecule has 332 valence electrons. The van der Waals surface area contributed by atoms with Crippen LogP contribution >= 0.6 is 0 Å². The number of esters is 1. The van der Waals surface area contributed by atoms with Crippen LogP contribution in [0.2, 0.25) is 0 Å². The maximum Gasteiger partial charge on any atom is 0.326 e. The Hall–Kier alpha value is -1.63. The predicted octanol–water partition coefficient (Wildman–Crippen LogP) is 14.5. The van der Waals surface area contributed by atoms with Crippen LogP contribution in [0.25, 0.3) is 0 Å². The molecule has 0 radical (unpaired) electrons. The van der Waals surface area contributed by atoms with Crippen molar-refractivity contribution in [1.82, 2.24) is 5.32 Å². The van der Waals surface area contributed by atoms with E-state index in [1.807, 2.05) is 0 Å². The van der Waals surface area contributed by atoms with Crippen LogP contribution in [0, 0.1) is 0 Å². The first-order valence-corrected chi connectivity index (χ1v) is 24.9. The number of nitrogens with one attached hydrogen (secondary N) is 1. The van der Waals surface area contributed by atoms with Crippen LogP contribution in [0.1, 0.15) is 277 Å². The molecule has 0 saturated heterocycles. The van der Waals surface area contributed by atoms with Crippen LogP contribution in [-0.2, 0) is 19.1 Å². The molecule has 0 aliphatic carbocycles. The van der Waals surface area contributed by atoms with Crippen molar-refractivity contribution < 1.29 is 24.2 Å². The van der Waals surface area contributed by atoms with Gasteiger partial charge in [-0.05, 0) is 57.9 Å². The normalized spacial score (nSPS) is 12.5.